The first-order valence-electron chi connectivity index (χ1n) is 5.47. The molecule has 0 fully saturated rings. The van der Waals surface area contributed by atoms with Crippen molar-refractivity contribution in [1.29, 1.82) is 0 Å². The van der Waals surface area contributed by atoms with Gasteiger partial charge in [-0.2, -0.15) is 0 Å². The number of carbonyl (C=O) groups excluding carboxylic acids is 1. The molecule has 20 heavy (non-hydrogen) atoms. The second-order valence-corrected chi connectivity index (χ2v) is 3.98. The van der Waals surface area contributed by atoms with Gasteiger partial charge in [0.05, 0.1) is 12.8 Å². The number of carboxylic acid groups (broad SMARTS) is 2. The van der Waals surface area contributed by atoms with Gasteiger partial charge in [0.2, 0.25) is 5.91 Å². The van der Waals surface area contributed by atoms with E-state index in [4.69, 9.17) is 10.2 Å². The van der Waals surface area contributed by atoms with Gasteiger partial charge in [0, 0.05) is 0 Å². The van der Waals surface area contributed by atoms with Gasteiger partial charge < -0.3 is 15.5 Å². The first-order valence-corrected chi connectivity index (χ1v) is 5.47. The molecule has 3 N–H and O–H groups in total. The summed E-state index contributed by atoms with van der Waals surface area (Å²) in [6.07, 6.45) is -1.17. The number of rotatable bonds is 6. The van der Waals surface area contributed by atoms with Gasteiger partial charge in [0.1, 0.15) is 6.04 Å². The molecule has 0 saturated carbocycles. The first kappa shape index (κ1) is 15.5. The fourth-order valence-corrected chi connectivity index (χ4v) is 1.46. The maximum Gasteiger partial charge on any atom is 0.326 e. The molecule has 1 amide bonds. The van der Waals surface area contributed by atoms with E-state index in [0.717, 1.165) is 12.1 Å². The second-order valence-electron chi connectivity index (χ2n) is 3.98. The van der Waals surface area contributed by atoms with Crippen molar-refractivity contribution in [1.82, 2.24) is 5.32 Å². The molecule has 0 heterocycles. The predicted molar refractivity (Wildman–Crippen MR) is 61.9 cm³/mol. The Hall–Kier alpha value is -2.51. The van der Waals surface area contributed by atoms with Gasteiger partial charge in [-0.15, -0.1) is 0 Å². The molecule has 108 valence electrons. The van der Waals surface area contributed by atoms with Crippen molar-refractivity contribution in [2.75, 3.05) is 0 Å². The molecular formula is C12H11F2NO5. The van der Waals surface area contributed by atoms with Crippen molar-refractivity contribution in [3.63, 3.8) is 0 Å². The Labute approximate surface area is 112 Å². The van der Waals surface area contributed by atoms with Gasteiger partial charge in [-0.3, -0.25) is 9.59 Å². The van der Waals surface area contributed by atoms with Crippen LogP contribution in [-0.4, -0.2) is 34.1 Å². The highest BCUT2D eigenvalue weighted by molar-refractivity contribution is 5.87. The molecule has 0 aliphatic heterocycles. The minimum absolute atomic E-state index is 0.140. The Morgan fingerprint density at radius 3 is 2.30 bits per heavy atom. The maximum atomic E-state index is 12.9. The highest BCUT2D eigenvalue weighted by atomic mass is 19.2. The Bertz CT molecular complexity index is 547. The topological polar surface area (TPSA) is 104 Å². The zero-order valence-electron chi connectivity index (χ0n) is 10.1. The van der Waals surface area contributed by atoms with Crippen LogP contribution in [0.4, 0.5) is 8.78 Å². The molecule has 0 aliphatic rings. The zero-order chi connectivity index (χ0) is 15.3. The predicted octanol–water partition coefficient (Wildman–Crippen LogP) is 0.551. The number of carboxylic acids is 2. The number of hydrogen-bond acceptors (Lipinski definition) is 3. The third-order valence-corrected chi connectivity index (χ3v) is 2.36. The van der Waals surface area contributed by atoms with Gasteiger partial charge in [-0.05, 0) is 17.7 Å². The lowest BCUT2D eigenvalue weighted by atomic mass is 10.1. The van der Waals surface area contributed by atoms with Crippen LogP contribution < -0.4 is 5.32 Å². The molecule has 1 atom stereocenters. The Morgan fingerprint density at radius 1 is 1.15 bits per heavy atom. The van der Waals surface area contributed by atoms with E-state index >= 15 is 0 Å². The summed E-state index contributed by atoms with van der Waals surface area (Å²) in [6.45, 7) is 0. The van der Waals surface area contributed by atoms with Gasteiger partial charge in [0.25, 0.3) is 0 Å². The number of amides is 1. The van der Waals surface area contributed by atoms with Gasteiger partial charge in [0.15, 0.2) is 11.6 Å². The number of carbonyl (C=O) groups is 3. The molecule has 0 radical (unpaired) electrons. The van der Waals surface area contributed by atoms with E-state index in [1.807, 2.05) is 5.32 Å². The summed E-state index contributed by atoms with van der Waals surface area (Å²) in [4.78, 5) is 32.7. The molecular weight excluding hydrogens is 276 g/mol. The van der Waals surface area contributed by atoms with Crippen LogP contribution in [0.25, 0.3) is 0 Å². The van der Waals surface area contributed by atoms with Crippen molar-refractivity contribution >= 4 is 17.8 Å². The molecule has 0 bridgehead atoms. The van der Waals surface area contributed by atoms with E-state index in [1.54, 1.807) is 0 Å². The van der Waals surface area contributed by atoms with E-state index in [9.17, 15) is 23.2 Å². The van der Waals surface area contributed by atoms with Crippen molar-refractivity contribution in [3.8, 4) is 0 Å². The van der Waals surface area contributed by atoms with Crippen LogP contribution in [0.1, 0.15) is 12.0 Å². The summed E-state index contributed by atoms with van der Waals surface area (Å²) in [6, 6.07) is 1.24. The molecule has 6 nitrogen and oxygen atoms in total. The molecule has 0 aliphatic carbocycles. The van der Waals surface area contributed by atoms with Crippen LogP contribution in [-0.2, 0) is 20.8 Å². The fourth-order valence-electron chi connectivity index (χ4n) is 1.46. The average Bonchev–Trinajstić information content (AvgIpc) is 2.32. The molecule has 1 aromatic carbocycles. The van der Waals surface area contributed by atoms with Gasteiger partial charge >= 0.3 is 11.9 Å². The summed E-state index contributed by atoms with van der Waals surface area (Å²) < 4.78 is 25.6. The highest BCUT2D eigenvalue weighted by Crippen LogP contribution is 2.09. The van der Waals surface area contributed by atoms with Crippen LogP contribution in [0.15, 0.2) is 18.2 Å². The van der Waals surface area contributed by atoms with E-state index in [-0.39, 0.29) is 12.0 Å². The molecule has 0 saturated heterocycles. The van der Waals surface area contributed by atoms with Gasteiger partial charge in [-0.1, -0.05) is 6.07 Å². The summed E-state index contributed by atoms with van der Waals surface area (Å²) in [5.74, 6) is -5.87. The molecule has 1 rings (SSSR count). The summed E-state index contributed by atoms with van der Waals surface area (Å²) in [5.41, 5.74) is 0.140. The number of aliphatic carboxylic acids is 2. The molecule has 0 aromatic heterocycles. The monoisotopic (exact) mass is 287 g/mol. The third kappa shape index (κ3) is 4.63. The normalized spacial score (nSPS) is 11.7. The van der Waals surface area contributed by atoms with Crippen LogP contribution in [0.2, 0.25) is 0 Å². The van der Waals surface area contributed by atoms with Crippen LogP contribution in [0, 0.1) is 11.6 Å². The SMILES string of the molecule is O=C(O)CC(NC(=O)Cc1ccc(F)c(F)c1)C(=O)O. The number of nitrogens with one attached hydrogen (secondary N) is 1. The lowest BCUT2D eigenvalue weighted by Crippen LogP contribution is -2.42. The average molecular weight is 287 g/mol. The molecule has 1 unspecified atom stereocenters. The lowest BCUT2D eigenvalue weighted by molar-refractivity contribution is -0.147. The second kappa shape index (κ2) is 6.60. The number of benzene rings is 1. The molecule has 8 heteroatoms. The van der Waals surface area contributed by atoms with E-state index in [2.05, 4.69) is 0 Å². The van der Waals surface area contributed by atoms with Crippen LogP contribution in [0.5, 0.6) is 0 Å². The van der Waals surface area contributed by atoms with E-state index < -0.39 is 41.9 Å². The molecule has 0 spiro atoms. The summed E-state index contributed by atoms with van der Waals surface area (Å²) >= 11 is 0. The minimum Gasteiger partial charge on any atom is -0.481 e. The quantitative estimate of drug-likeness (QED) is 0.709. The number of halogens is 2. The van der Waals surface area contributed by atoms with Crippen molar-refractivity contribution in [2.45, 2.75) is 18.9 Å². The molecule has 1 aromatic rings. The third-order valence-electron chi connectivity index (χ3n) is 2.36. The van der Waals surface area contributed by atoms with Gasteiger partial charge in [-0.25, -0.2) is 13.6 Å². The van der Waals surface area contributed by atoms with Crippen molar-refractivity contribution < 1.29 is 33.4 Å². The maximum absolute atomic E-state index is 12.9. The van der Waals surface area contributed by atoms with Crippen LogP contribution >= 0.6 is 0 Å². The lowest BCUT2D eigenvalue weighted by Gasteiger charge is -2.12. The minimum atomic E-state index is -1.58. The van der Waals surface area contributed by atoms with E-state index in [0.29, 0.717) is 0 Å². The van der Waals surface area contributed by atoms with Crippen LogP contribution in [0.3, 0.4) is 0 Å². The fraction of sp³-hybridized carbons (Fsp3) is 0.250. The van der Waals surface area contributed by atoms with Crippen molar-refractivity contribution in [3.05, 3.63) is 35.4 Å². The summed E-state index contributed by atoms with van der Waals surface area (Å²) in [7, 11) is 0. The smallest absolute Gasteiger partial charge is 0.326 e. The summed E-state index contributed by atoms with van der Waals surface area (Å²) in [5, 5.41) is 19.2. The Morgan fingerprint density at radius 2 is 1.80 bits per heavy atom. The number of hydrogen-bond donors (Lipinski definition) is 3. The highest BCUT2D eigenvalue weighted by Gasteiger charge is 2.23. The van der Waals surface area contributed by atoms with E-state index in [1.165, 1.54) is 6.07 Å². The largest absolute Gasteiger partial charge is 0.481 e. The Kier molecular flexibility index (Phi) is 5.13. The Balaban J connectivity index is 2.67. The standard InChI is InChI=1S/C12H11F2NO5/c13-7-2-1-6(3-8(7)14)4-10(16)15-9(12(19)20)5-11(17)18/h1-3,9H,4-5H2,(H,15,16)(H,17,18)(H,19,20). The van der Waals surface area contributed by atoms with Crippen molar-refractivity contribution in [2.24, 2.45) is 0 Å². The first-order chi connectivity index (χ1) is 9.29. The zero-order valence-corrected chi connectivity index (χ0v) is 10.1.